The molecule has 0 amide bonds. The van der Waals surface area contributed by atoms with Crippen LogP contribution in [0.25, 0.3) is 0 Å². The quantitative estimate of drug-likeness (QED) is 0.845. The first kappa shape index (κ1) is 17.0. The summed E-state index contributed by atoms with van der Waals surface area (Å²) in [5.74, 6) is -3.76. The van der Waals surface area contributed by atoms with E-state index in [0.717, 1.165) is 0 Å². The first-order valence-electron chi connectivity index (χ1n) is 7.19. The summed E-state index contributed by atoms with van der Waals surface area (Å²) in [6.07, 6.45) is 0. The average Bonchev–Trinajstić information content (AvgIpc) is 2.59. The molecule has 2 aromatic rings. The Morgan fingerprint density at radius 3 is 2.04 bits per heavy atom. The molecular formula is C18H16N2O4. The van der Waals surface area contributed by atoms with Gasteiger partial charge in [-0.3, -0.25) is 4.79 Å². The van der Waals surface area contributed by atoms with Crippen LogP contribution in [0.4, 0.5) is 5.69 Å². The highest BCUT2D eigenvalue weighted by Crippen LogP contribution is 2.27. The van der Waals surface area contributed by atoms with Gasteiger partial charge in [0.2, 0.25) is 0 Å². The minimum absolute atomic E-state index is 0.330. The van der Waals surface area contributed by atoms with E-state index in [0.29, 0.717) is 16.8 Å². The van der Waals surface area contributed by atoms with Crippen LogP contribution in [-0.2, 0) is 9.59 Å². The molecular weight excluding hydrogens is 308 g/mol. The van der Waals surface area contributed by atoms with Crippen LogP contribution in [0.5, 0.6) is 0 Å². The minimum atomic E-state index is -1.29. The first-order chi connectivity index (χ1) is 11.5. The van der Waals surface area contributed by atoms with Crippen LogP contribution in [0.3, 0.4) is 0 Å². The van der Waals surface area contributed by atoms with Gasteiger partial charge in [-0.05, 0) is 29.8 Å². The second kappa shape index (κ2) is 7.29. The van der Waals surface area contributed by atoms with Crippen molar-refractivity contribution in [3.8, 4) is 6.07 Å². The maximum Gasteiger partial charge on any atom is 0.327 e. The van der Waals surface area contributed by atoms with Crippen molar-refractivity contribution in [3.63, 3.8) is 0 Å². The summed E-state index contributed by atoms with van der Waals surface area (Å²) >= 11 is 0. The van der Waals surface area contributed by atoms with E-state index in [1.54, 1.807) is 37.4 Å². The molecule has 0 aliphatic carbocycles. The number of carbonyl (C=O) groups is 2. The second-order valence-electron chi connectivity index (χ2n) is 5.28. The van der Waals surface area contributed by atoms with Crippen molar-refractivity contribution in [1.82, 2.24) is 0 Å². The Morgan fingerprint density at radius 2 is 1.58 bits per heavy atom. The monoisotopic (exact) mass is 324 g/mol. The summed E-state index contributed by atoms with van der Waals surface area (Å²) < 4.78 is 0. The molecule has 0 aromatic heterocycles. The predicted octanol–water partition coefficient (Wildman–Crippen LogP) is 2.32. The van der Waals surface area contributed by atoms with Gasteiger partial charge in [-0.15, -0.1) is 0 Å². The summed E-state index contributed by atoms with van der Waals surface area (Å²) in [7, 11) is 1.55. The molecule has 2 atom stereocenters. The number of anilines is 1. The number of nitriles is 1. The van der Waals surface area contributed by atoms with Crippen molar-refractivity contribution < 1.29 is 19.8 Å². The van der Waals surface area contributed by atoms with Crippen molar-refractivity contribution >= 4 is 17.6 Å². The maximum absolute atomic E-state index is 11.8. The molecule has 2 N–H and O–H groups in total. The van der Waals surface area contributed by atoms with Crippen LogP contribution < -0.4 is 4.90 Å². The van der Waals surface area contributed by atoms with E-state index in [9.17, 15) is 19.8 Å². The molecule has 0 aliphatic rings. The van der Waals surface area contributed by atoms with Crippen LogP contribution >= 0.6 is 0 Å². The van der Waals surface area contributed by atoms with Gasteiger partial charge in [0.05, 0.1) is 11.6 Å². The van der Waals surface area contributed by atoms with E-state index in [-0.39, 0.29) is 0 Å². The molecule has 6 heteroatoms. The second-order valence-corrected chi connectivity index (χ2v) is 5.28. The molecule has 0 radical (unpaired) electrons. The van der Waals surface area contributed by atoms with Gasteiger partial charge in [0.15, 0.2) is 0 Å². The van der Waals surface area contributed by atoms with Crippen molar-refractivity contribution in [3.05, 3.63) is 65.7 Å². The molecule has 0 saturated carbocycles. The molecule has 0 spiro atoms. The summed E-state index contributed by atoms with van der Waals surface area (Å²) in [6.45, 7) is 0. The zero-order valence-electron chi connectivity index (χ0n) is 13.0. The van der Waals surface area contributed by atoms with Gasteiger partial charge in [-0.25, -0.2) is 4.79 Å². The molecule has 2 aromatic carbocycles. The molecule has 6 nitrogen and oxygen atoms in total. The third-order valence-electron chi connectivity index (χ3n) is 3.81. The van der Waals surface area contributed by atoms with Crippen molar-refractivity contribution in [2.45, 2.75) is 12.0 Å². The normalized spacial score (nSPS) is 12.7. The van der Waals surface area contributed by atoms with Gasteiger partial charge < -0.3 is 15.1 Å². The number of para-hydroxylation sites is 1. The fourth-order valence-electron chi connectivity index (χ4n) is 2.58. The van der Waals surface area contributed by atoms with Gasteiger partial charge in [0.25, 0.3) is 0 Å². The average molecular weight is 324 g/mol. The van der Waals surface area contributed by atoms with Crippen molar-refractivity contribution in [2.24, 2.45) is 0 Å². The Hall–Kier alpha value is -3.33. The van der Waals surface area contributed by atoms with Crippen LogP contribution in [0.1, 0.15) is 17.0 Å². The molecule has 0 saturated heterocycles. The van der Waals surface area contributed by atoms with Crippen LogP contribution in [-0.4, -0.2) is 35.2 Å². The van der Waals surface area contributed by atoms with E-state index >= 15 is 0 Å². The van der Waals surface area contributed by atoms with E-state index in [2.05, 4.69) is 0 Å². The SMILES string of the molecule is CN(c1ccccc1)C(C(=O)O)C(C(=O)O)c1ccc(C#N)cc1. The Bertz CT molecular complexity index is 766. The lowest BCUT2D eigenvalue weighted by molar-refractivity contribution is -0.146. The molecule has 0 bridgehead atoms. The number of carboxylic acid groups (broad SMARTS) is 2. The number of aliphatic carboxylic acids is 2. The smallest absolute Gasteiger partial charge is 0.327 e. The standard InChI is InChI=1S/C18H16N2O4/c1-20(14-5-3-2-4-6-14)16(18(23)24)15(17(21)22)13-9-7-12(11-19)8-10-13/h2-10,15-16H,1H3,(H,21,22)(H,23,24). The third kappa shape index (κ3) is 3.52. The number of likely N-dealkylation sites (N-methyl/N-ethyl adjacent to an activating group) is 1. The van der Waals surface area contributed by atoms with Crippen molar-refractivity contribution in [2.75, 3.05) is 11.9 Å². The van der Waals surface area contributed by atoms with Gasteiger partial charge in [0, 0.05) is 12.7 Å². The molecule has 24 heavy (non-hydrogen) atoms. The number of carboxylic acids is 2. The Labute approximate surface area is 139 Å². The molecule has 2 rings (SSSR count). The van der Waals surface area contributed by atoms with E-state index in [1.807, 2.05) is 6.07 Å². The molecule has 122 valence electrons. The fourth-order valence-corrected chi connectivity index (χ4v) is 2.58. The van der Waals surface area contributed by atoms with Crippen LogP contribution in [0.15, 0.2) is 54.6 Å². The number of benzene rings is 2. The third-order valence-corrected chi connectivity index (χ3v) is 3.81. The maximum atomic E-state index is 11.8. The van der Waals surface area contributed by atoms with Gasteiger partial charge in [-0.1, -0.05) is 30.3 Å². The van der Waals surface area contributed by atoms with Crippen molar-refractivity contribution in [1.29, 1.82) is 5.26 Å². The van der Waals surface area contributed by atoms with Gasteiger partial charge in [-0.2, -0.15) is 5.26 Å². The number of hydrogen-bond donors (Lipinski definition) is 2. The Morgan fingerprint density at radius 1 is 1.00 bits per heavy atom. The number of nitrogens with zero attached hydrogens (tertiary/aromatic N) is 2. The first-order valence-corrected chi connectivity index (χ1v) is 7.19. The Kier molecular flexibility index (Phi) is 5.17. The van der Waals surface area contributed by atoms with Crippen LogP contribution in [0.2, 0.25) is 0 Å². The summed E-state index contributed by atoms with van der Waals surface area (Å²) in [5.41, 5.74) is 1.31. The van der Waals surface area contributed by atoms with E-state index < -0.39 is 23.9 Å². The topological polar surface area (TPSA) is 102 Å². The summed E-state index contributed by atoms with van der Waals surface area (Å²) in [6, 6.07) is 15.3. The van der Waals surface area contributed by atoms with Gasteiger partial charge in [0.1, 0.15) is 12.0 Å². The molecule has 0 aliphatic heterocycles. The minimum Gasteiger partial charge on any atom is -0.481 e. The lowest BCUT2D eigenvalue weighted by atomic mass is 9.89. The largest absolute Gasteiger partial charge is 0.481 e. The highest BCUT2D eigenvalue weighted by atomic mass is 16.4. The highest BCUT2D eigenvalue weighted by Gasteiger charge is 2.38. The van der Waals surface area contributed by atoms with E-state index in [4.69, 9.17) is 5.26 Å². The fraction of sp³-hybridized carbons (Fsp3) is 0.167. The lowest BCUT2D eigenvalue weighted by Crippen LogP contribution is -2.46. The molecule has 2 unspecified atom stereocenters. The lowest BCUT2D eigenvalue weighted by Gasteiger charge is -2.31. The van der Waals surface area contributed by atoms with Gasteiger partial charge >= 0.3 is 11.9 Å². The highest BCUT2D eigenvalue weighted by molar-refractivity contribution is 5.89. The predicted molar refractivity (Wildman–Crippen MR) is 87.8 cm³/mol. The zero-order valence-corrected chi connectivity index (χ0v) is 13.0. The summed E-state index contributed by atoms with van der Waals surface area (Å²) in [5, 5.41) is 28.1. The number of hydrogen-bond acceptors (Lipinski definition) is 4. The van der Waals surface area contributed by atoms with E-state index in [1.165, 1.54) is 29.2 Å². The van der Waals surface area contributed by atoms with Crippen LogP contribution in [0, 0.1) is 11.3 Å². The Balaban J connectivity index is 2.46. The summed E-state index contributed by atoms with van der Waals surface area (Å²) in [4.78, 5) is 25.0. The molecule has 0 heterocycles. The zero-order chi connectivity index (χ0) is 17.7. The molecule has 0 fully saturated rings. The number of rotatable bonds is 6.